The van der Waals surface area contributed by atoms with Crippen molar-refractivity contribution in [2.45, 2.75) is 51.0 Å². The molecular weight excluding hydrogens is 292 g/mol. The number of carbonyl (C=O) groups is 2. The molecule has 5 nitrogen and oxygen atoms in total. The number of hydrogen-bond donors (Lipinski definition) is 1. The van der Waals surface area contributed by atoms with Gasteiger partial charge in [-0.1, -0.05) is 25.3 Å². The van der Waals surface area contributed by atoms with Crippen LogP contribution in [-0.4, -0.2) is 31.5 Å². The molecule has 1 aliphatic heterocycles. The number of hydrogen-bond acceptors (Lipinski definition) is 3. The lowest BCUT2D eigenvalue weighted by molar-refractivity contribution is -0.121. The van der Waals surface area contributed by atoms with Crippen molar-refractivity contribution in [2.24, 2.45) is 0 Å². The Labute approximate surface area is 137 Å². The minimum absolute atomic E-state index is 0.0348. The van der Waals surface area contributed by atoms with Gasteiger partial charge in [-0.05, 0) is 30.5 Å². The number of fused-ring (bicyclic) bond motifs is 1. The lowest BCUT2D eigenvalue weighted by Crippen LogP contribution is -2.37. The third kappa shape index (κ3) is 3.84. The number of benzene rings is 1. The molecule has 1 aliphatic carbocycles. The molecule has 23 heavy (non-hydrogen) atoms. The van der Waals surface area contributed by atoms with Crippen molar-refractivity contribution < 1.29 is 14.3 Å². The topological polar surface area (TPSA) is 58.6 Å². The van der Waals surface area contributed by atoms with Gasteiger partial charge in [0, 0.05) is 13.1 Å². The molecule has 0 atom stereocenters. The molecule has 124 valence electrons. The van der Waals surface area contributed by atoms with E-state index in [1.807, 2.05) is 18.2 Å². The minimum Gasteiger partial charge on any atom is -0.491 e. The summed E-state index contributed by atoms with van der Waals surface area (Å²) < 4.78 is 5.61. The van der Waals surface area contributed by atoms with Crippen LogP contribution in [0.4, 0.5) is 5.69 Å². The number of rotatable bonds is 3. The Balaban J connectivity index is 1.67. The van der Waals surface area contributed by atoms with Gasteiger partial charge in [0.15, 0.2) is 0 Å². The maximum absolute atomic E-state index is 12.2. The average molecular weight is 316 g/mol. The predicted molar refractivity (Wildman–Crippen MR) is 88.7 cm³/mol. The molecule has 0 spiro atoms. The summed E-state index contributed by atoms with van der Waals surface area (Å²) in [5, 5.41) is 3.13. The molecule has 0 saturated heterocycles. The maximum atomic E-state index is 12.2. The van der Waals surface area contributed by atoms with Crippen molar-refractivity contribution in [3.05, 3.63) is 23.8 Å². The summed E-state index contributed by atoms with van der Waals surface area (Å²) >= 11 is 0. The van der Waals surface area contributed by atoms with E-state index in [-0.39, 0.29) is 11.8 Å². The van der Waals surface area contributed by atoms with E-state index in [2.05, 4.69) is 5.32 Å². The van der Waals surface area contributed by atoms with E-state index >= 15 is 0 Å². The molecule has 1 aromatic carbocycles. The van der Waals surface area contributed by atoms with Crippen LogP contribution in [0.25, 0.3) is 0 Å². The van der Waals surface area contributed by atoms with Gasteiger partial charge in [-0.25, -0.2) is 0 Å². The fraction of sp³-hybridized carbons (Fsp3) is 0.556. The number of amides is 2. The first-order valence-corrected chi connectivity index (χ1v) is 8.45. The molecule has 0 radical (unpaired) electrons. The Morgan fingerprint density at radius 1 is 1.30 bits per heavy atom. The van der Waals surface area contributed by atoms with Crippen molar-refractivity contribution in [1.29, 1.82) is 0 Å². The second kappa shape index (κ2) is 7.02. The number of carbonyl (C=O) groups excluding carboxylic acids is 2. The first-order valence-electron chi connectivity index (χ1n) is 8.45. The summed E-state index contributed by atoms with van der Waals surface area (Å²) in [4.78, 5) is 25.8. The van der Waals surface area contributed by atoms with E-state index in [0.29, 0.717) is 31.2 Å². The quantitative estimate of drug-likeness (QED) is 0.931. The molecule has 1 N–H and O–H groups in total. The van der Waals surface area contributed by atoms with Gasteiger partial charge in [0.1, 0.15) is 5.75 Å². The van der Waals surface area contributed by atoms with Gasteiger partial charge in [-0.2, -0.15) is 0 Å². The number of nitrogens with one attached hydrogen (secondary N) is 1. The number of anilines is 1. The van der Waals surface area contributed by atoms with Crippen molar-refractivity contribution in [3.63, 3.8) is 0 Å². The lowest BCUT2D eigenvalue weighted by Gasteiger charge is -2.23. The van der Waals surface area contributed by atoms with Gasteiger partial charge in [-0.3, -0.25) is 9.59 Å². The highest BCUT2D eigenvalue weighted by molar-refractivity contribution is 5.95. The molecule has 0 aromatic heterocycles. The first kappa shape index (κ1) is 15.8. The van der Waals surface area contributed by atoms with Crippen LogP contribution in [0.3, 0.4) is 0 Å². The highest BCUT2D eigenvalue weighted by Gasteiger charge is 2.21. The molecule has 1 aromatic rings. The SMILES string of the molecule is CN1C(=O)CCOc2ccc(CC(=O)NC3CCCCC3)cc21. The summed E-state index contributed by atoms with van der Waals surface area (Å²) in [5.41, 5.74) is 1.65. The summed E-state index contributed by atoms with van der Waals surface area (Å²) in [7, 11) is 1.75. The zero-order valence-electron chi connectivity index (χ0n) is 13.6. The second-order valence-corrected chi connectivity index (χ2v) is 6.43. The van der Waals surface area contributed by atoms with Crippen LogP contribution < -0.4 is 15.0 Å². The molecule has 0 unspecified atom stereocenters. The van der Waals surface area contributed by atoms with Crippen LogP contribution in [0, 0.1) is 0 Å². The molecule has 2 amide bonds. The summed E-state index contributed by atoms with van der Waals surface area (Å²) in [6.45, 7) is 0.400. The molecule has 1 heterocycles. The standard InChI is InChI=1S/C18H24N2O3/c1-20-15-11-13(7-8-16(15)23-10-9-18(20)22)12-17(21)19-14-5-3-2-4-6-14/h7-8,11,14H,2-6,9-10,12H2,1H3,(H,19,21). The van der Waals surface area contributed by atoms with Gasteiger partial charge in [0.05, 0.1) is 25.1 Å². The van der Waals surface area contributed by atoms with Crippen LogP contribution >= 0.6 is 0 Å². The molecule has 0 bridgehead atoms. The van der Waals surface area contributed by atoms with E-state index in [4.69, 9.17) is 4.74 Å². The van der Waals surface area contributed by atoms with Crippen LogP contribution in [0.1, 0.15) is 44.1 Å². The summed E-state index contributed by atoms with van der Waals surface area (Å²) in [5.74, 6) is 0.794. The van der Waals surface area contributed by atoms with Crippen LogP contribution in [0.5, 0.6) is 5.75 Å². The summed E-state index contributed by atoms with van der Waals surface area (Å²) in [6, 6.07) is 5.97. The first-order chi connectivity index (χ1) is 11.1. The van der Waals surface area contributed by atoms with Crippen LogP contribution in [-0.2, 0) is 16.0 Å². The fourth-order valence-electron chi connectivity index (χ4n) is 3.32. The van der Waals surface area contributed by atoms with E-state index < -0.39 is 0 Å². The number of ether oxygens (including phenoxy) is 1. The monoisotopic (exact) mass is 316 g/mol. The Morgan fingerprint density at radius 2 is 2.09 bits per heavy atom. The van der Waals surface area contributed by atoms with Gasteiger partial charge >= 0.3 is 0 Å². The van der Waals surface area contributed by atoms with E-state index in [9.17, 15) is 9.59 Å². The van der Waals surface area contributed by atoms with Gasteiger partial charge in [0.2, 0.25) is 11.8 Å². The second-order valence-electron chi connectivity index (χ2n) is 6.43. The van der Waals surface area contributed by atoms with Crippen molar-refractivity contribution in [3.8, 4) is 5.75 Å². The van der Waals surface area contributed by atoms with E-state index in [0.717, 1.165) is 24.1 Å². The largest absolute Gasteiger partial charge is 0.491 e. The Bertz CT molecular complexity index is 594. The maximum Gasteiger partial charge on any atom is 0.230 e. The smallest absolute Gasteiger partial charge is 0.230 e. The zero-order valence-corrected chi connectivity index (χ0v) is 13.6. The molecule has 5 heteroatoms. The normalized spacial score (nSPS) is 18.8. The van der Waals surface area contributed by atoms with Crippen molar-refractivity contribution in [1.82, 2.24) is 5.32 Å². The van der Waals surface area contributed by atoms with E-state index in [1.54, 1.807) is 11.9 Å². The molecule has 1 saturated carbocycles. The lowest BCUT2D eigenvalue weighted by atomic mass is 9.95. The van der Waals surface area contributed by atoms with E-state index in [1.165, 1.54) is 19.3 Å². The van der Waals surface area contributed by atoms with Crippen LogP contribution in [0.15, 0.2) is 18.2 Å². The Kier molecular flexibility index (Phi) is 4.84. The molecule has 1 fully saturated rings. The Hall–Kier alpha value is -2.04. The van der Waals surface area contributed by atoms with Crippen molar-refractivity contribution >= 4 is 17.5 Å². The highest BCUT2D eigenvalue weighted by Crippen LogP contribution is 2.31. The Morgan fingerprint density at radius 3 is 2.87 bits per heavy atom. The molecule has 2 aliphatic rings. The third-order valence-corrected chi connectivity index (χ3v) is 4.67. The number of nitrogens with zero attached hydrogens (tertiary/aromatic N) is 1. The van der Waals surface area contributed by atoms with Crippen LogP contribution in [0.2, 0.25) is 0 Å². The summed E-state index contributed by atoms with van der Waals surface area (Å²) in [6.07, 6.45) is 6.57. The van der Waals surface area contributed by atoms with Gasteiger partial charge < -0.3 is 15.0 Å². The van der Waals surface area contributed by atoms with Crippen molar-refractivity contribution in [2.75, 3.05) is 18.6 Å². The molecule has 3 rings (SSSR count). The highest BCUT2D eigenvalue weighted by atomic mass is 16.5. The van der Waals surface area contributed by atoms with Gasteiger partial charge in [-0.15, -0.1) is 0 Å². The predicted octanol–water partition coefficient (Wildman–Crippen LogP) is 2.42. The fourth-order valence-corrected chi connectivity index (χ4v) is 3.32. The average Bonchev–Trinajstić information content (AvgIpc) is 2.68. The zero-order chi connectivity index (χ0) is 16.2. The van der Waals surface area contributed by atoms with Gasteiger partial charge in [0.25, 0.3) is 0 Å². The molecular formula is C18H24N2O3. The third-order valence-electron chi connectivity index (χ3n) is 4.67. The minimum atomic E-state index is 0.0348.